The van der Waals surface area contributed by atoms with Crippen molar-refractivity contribution in [3.05, 3.63) is 0 Å². The lowest BCUT2D eigenvalue weighted by Gasteiger charge is -2.27. The molecule has 0 unspecified atom stereocenters. The van der Waals surface area contributed by atoms with Gasteiger partial charge in [0.15, 0.2) is 0 Å². The first-order valence-corrected chi connectivity index (χ1v) is 7.15. The summed E-state index contributed by atoms with van der Waals surface area (Å²) in [6.45, 7) is 6.99. The lowest BCUT2D eigenvalue weighted by atomic mass is 10.1. The molecule has 2 aliphatic rings. The van der Waals surface area contributed by atoms with E-state index in [0.29, 0.717) is 12.5 Å². The number of hydrogen-bond donors (Lipinski definition) is 2. The monoisotopic (exact) mass is 255 g/mol. The molecule has 2 saturated heterocycles. The van der Waals surface area contributed by atoms with Gasteiger partial charge in [-0.1, -0.05) is 0 Å². The van der Waals surface area contributed by atoms with E-state index in [1.54, 1.807) is 0 Å². The predicted octanol–water partition coefficient (Wildman–Crippen LogP) is -0.0330. The molecule has 2 heterocycles. The van der Waals surface area contributed by atoms with Crippen molar-refractivity contribution in [2.24, 2.45) is 0 Å². The summed E-state index contributed by atoms with van der Waals surface area (Å²) in [5.74, 6) is 0.206. The van der Waals surface area contributed by atoms with Crippen molar-refractivity contribution in [1.82, 2.24) is 15.5 Å². The Morgan fingerprint density at radius 2 is 2.00 bits per heavy atom. The summed E-state index contributed by atoms with van der Waals surface area (Å²) < 4.78 is 5.28. The van der Waals surface area contributed by atoms with Crippen LogP contribution in [0.25, 0.3) is 0 Å². The van der Waals surface area contributed by atoms with Crippen LogP contribution in [0.4, 0.5) is 0 Å². The third-order valence-electron chi connectivity index (χ3n) is 3.67. The molecule has 0 saturated carbocycles. The third-order valence-corrected chi connectivity index (χ3v) is 3.67. The van der Waals surface area contributed by atoms with Crippen molar-refractivity contribution in [2.45, 2.75) is 31.7 Å². The molecule has 0 atom stereocenters. The quantitative estimate of drug-likeness (QED) is 0.724. The van der Waals surface area contributed by atoms with Gasteiger partial charge in [0.05, 0.1) is 0 Å². The van der Waals surface area contributed by atoms with Crippen LogP contribution in [0, 0.1) is 0 Å². The van der Waals surface area contributed by atoms with E-state index in [-0.39, 0.29) is 5.91 Å². The maximum Gasteiger partial charge on any atom is 0.220 e. The molecule has 0 radical (unpaired) electrons. The molecule has 0 aromatic carbocycles. The zero-order valence-corrected chi connectivity index (χ0v) is 11.1. The van der Waals surface area contributed by atoms with Crippen LogP contribution in [0.1, 0.15) is 25.7 Å². The summed E-state index contributed by atoms with van der Waals surface area (Å²) in [5.41, 5.74) is 0. The Kier molecular flexibility index (Phi) is 5.90. The predicted molar refractivity (Wildman–Crippen MR) is 70.5 cm³/mol. The molecule has 2 rings (SSSR count). The SMILES string of the molecule is O=C(CCCN1CCNCC1)NC1CCOCC1. The average molecular weight is 255 g/mol. The molecule has 0 spiro atoms. The van der Waals surface area contributed by atoms with E-state index >= 15 is 0 Å². The van der Waals surface area contributed by atoms with Crippen LogP contribution in [-0.2, 0) is 9.53 Å². The van der Waals surface area contributed by atoms with Crippen LogP contribution in [0.2, 0.25) is 0 Å². The molecule has 1 amide bonds. The van der Waals surface area contributed by atoms with Gasteiger partial charge in [0.2, 0.25) is 5.91 Å². The van der Waals surface area contributed by atoms with Gasteiger partial charge in [0.25, 0.3) is 0 Å². The van der Waals surface area contributed by atoms with Crippen LogP contribution in [0.5, 0.6) is 0 Å². The smallest absolute Gasteiger partial charge is 0.220 e. The maximum absolute atomic E-state index is 11.8. The summed E-state index contributed by atoms with van der Waals surface area (Å²) >= 11 is 0. The molecule has 2 aliphatic heterocycles. The van der Waals surface area contributed by atoms with Crippen LogP contribution >= 0.6 is 0 Å². The Bertz CT molecular complexity index is 249. The van der Waals surface area contributed by atoms with E-state index in [9.17, 15) is 4.79 Å². The molecule has 104 valence electrons. The standard InChI is InChI=1S/C13H25N3O2/c17-13(15-12-3-10-18-11-4-12)2-1-7-16-8-5-14-6-9-16/h12,14H,1-11H2,(H,15,17). The number of piperazine rings is 1. The molecule has 5 nitrogen and oxygen atoms in total. The van der Waals surface area contributed by atoms with Crippen molar-refractivity contribution in [3.63, 3.8) is 0 Å². The number of hydrogen-bond acceptors (Lipinski definition) is 4. The molecular weight excluding hydrogens is 230 g/mol. The van der Waals surface area contributed by atoms with Gasteiger partial charge < -0.3 is 20.3 Å². The van der Waals surface area contributed by atoms with E-state index in [1.807, 2.05) is 0 Å². The Morgan fingerprint density at radius 1 is 1.28 bits per heavy atom. The minimum atomic E-state index is 0.206. The number of ether oxygens (including phenoxy) is 1. The number of amides is 1. The van der Waals surface area contributed by atoms with Gasteiger partial charge in [0.1, 0.15) is 0 Å². The van der Waals surface area contributed by atoms with Gasteiger partial charge in [-0.25, -0.2) is 0 Å². The number of nitrogens with one attached hydrogen (secondary N) is 2. The van der Waals surface area contributed by atoms with Crippen molar-refractivity contribution in [2.75, 3.05) is 45.9 Å². The Morgan fingerprint density at radius 3 is 2.72 bits per heavy atom. The van der Waals surface area contributed by atoms with Gasteiger partial charge in [-0.3, -0.25) is 4.79 Å². The van der Waals surface area contributed by atoms with Crippen LogP contribution in [0.15, 0.2) is 0 Å². The highest BCUT2D eigenvalue weighted by Crippen LogP contribution is 2.06. The van der Waals surface area contributed by atoms with Crippen LogP contribution in [0.3, 0.4) is 0 Å². The maximum atomic E-state index is 11.8. The first-order chi connectivity index (χ1) is 8.84. The minimum Gasteiger partial charge on any atom is -0.381 e. The normalized spacial score (nSPS) is 22.9. The molecule has 2 N–H and O–H groups in total. The molecule has 0 aromatic heterocycles. The van der Waals surface area contributed by atoms with E-state index in [4.69, 9.17) is 4.74 Å². The Hall–Kier alpha value is -0.650. The molecule has 0 bridgehead atoms. The topological polar surface area (TPSA) is 53.6 Å². The van der Waals surface area contributed by atoms with E-state index in [2.05, 4.69) is 15.5 Å². The third kappa shape index (κ3) is 4.92. The molecule has 18 heavy (non-hydrogen) atoms. The number of carbonyl (C=O) groups excluding carboxylic acids is 1. The van der Waals surface area contributed by atoms with E-state index in [1.165, 1.54) is 0 Å². The summed E-state index contributed by atoms with van der Waals surface area (Å²) in [4.78, 5) is 14.2. The van der Waals surface area contributed by atoms with Crippen molar-refractivity contribution in [1.29, 1.82) is 0 Å². The van der Waals surface area contributed by atoms with Crippen molar-refractivity contribution >= 4 is 5.91 Å². The average Bonchev–Trinajstić information content (AvgIpc) is 2.41. The molecule has 0 aliphatic carbocycles. The van der Waals surface area contributed by atoms with Gasteiger partial charge in [-0.15, -0.1) is 0 Å². The number of rotatable bonds is 5. The van der Waals surface area contributed by atoms with Crippen LogP contribution in [-0.4, -0.2) is 62.8 Å². The largest absolute Gasteiger partial charge is 0.381 e. The zero-order valence-electron chi connectivity index (χ0n) is 11.1. The second-order valence-electron chi connectivity index (χ2n) is 5.15. The number of carbonyl (C=O) groups is 1. The van der Waals surface area contributed by atoms with Gasteiger partial charge in [-0.2, -0.15) is 0 Å². The van der Waals surface area contributed by atoms with Crippen molar-refractivity contribution in [3.8, 4) is 0 Å². The second kappa shape index (κ2) is 7.71. The molecule has 2 fully saturated rings. The first kappa shape index (κ1) is 13.8. The number of nitrogens with zero attached hydrogens (tertiary/aromatic N) is 1. The highest BCUT2D eigenvalue weighted by atomic mass is 16.5. The second-order valence-corrected chi connectivity index (χ2v) is 5.15. The molecular formula is C13H25N3O2. The first-order valence-electron chi connectivity index (χ1n) is 7.15. The summed E-state index contributed by atoms with van der Waals surface area (Å²) in [7, 11) is 0. The van der Waals surface area contributed by atoms with Crippen LogP contribution < -0.4 is 10.6 Å². The van der Waals surface area contributed by atoms with Crippen molar-refractivity contribution < 1.29 is 9.53 Å². The highest BCUT2D eigenvalue weighted by Gasteiger charge is 2.16. The highest BCUT2D eigenvalue weighted by molar-refractivity contribution is 5.76. The van der Waals surface area contributed by atoms with E-state index in [0.717, 1.165) is 65.2 Å². The fourth-order valence-electron chi connectivity index (χ4n) is 2.54. The zero-order chi connectivity index (χ0) is 12.6. The summed E-state index contributed by atoms with van der Waals surface area (Å²) in [5, 5.41) is 6.44. The van der Waals surface area contributed by atoms with Gasteiger partial charge in [0, 0.05) is 51.9 Å². The molecule has 0 aromatic rings. The lowest BCUT2D eigenvalue weighted by Crippen LogP contribution is -2.44. The van der Waals surface area contributed by atoms with Gasteiger partial charge >= 0.3 is 0 Å². The fraction of sp³-hybridized carbons (Fsp3) is 0.923. The van der Waals surface area contributed by atoms with E-state index < -0.39 is 0 Å². The Labute approximate surface area is 109 Å². The summed E-state index contributed by atoms with van der Waals surface area (Å²) in [6, 6.07) is 0.338. The molecule has 5 heteroatoms. The Balaban J connectivity index is 1.53. The minimum absolute atomic E-state index is 0.206. The van der Waals surface area contributed by atoms with Gasteiger partial charge in [-0.05, 0) is 25.8 Å². The lowest BCUT2D eigenvalue weighted by molar-refractivity contribution is -0.122. The summed E-state index contributed by atoms with van der Waals surface area (Å²) in [6.07, 6.45) is 3.55. The fourth-order valence-corrected chi connectivity index (χ4v) is 2.54.